The molecule has 2 aliphatic rings. The van der Waals surface area contributed by atoms with Gasteiger partial charge in [-0.3, -0.25) is 9.69 Å². The fourth-order valence-corrected chi connectivity index (χ4v) is 4.02. The average Bonchev–Trinajstić information content (AvgIpc) is 2.78. The minimum Gasteiger partial charge on any atom is -0.497 e. The molecule has 0 aromatic heterocycles. The van der Waals surface area contributed by atoms with Gasteiger partial charge in [0, 0.05) is 31.9 Å². The van der Waals surface area contributed by atoms with Crippen molar-refractivity contribution in [3.63, 3.8) is 0 Å². The molecule has 32 heavy (non-hydrogen) atoms. The second-order valence-corrected chi connectivity index (χ2v) is 7.67. The largest absolute Gasteiger partial charge is 0.497 e. The molecular formula is C22H23F3N4O3. The van der Waals surface area contributed by atoms with Gasteiger partial charge >= 0.3 is 12.2 Å². The molecule has 3 amide bonds. The van der Waals surface area contributed by atoms with Crippen molar-refractivity contribution in [3.05, 3.63) is 54.1 Å². The van der Waals surface area contributed by atoms with Crippen LogP contribution in [0, 0.1) is 0 Å². The summed E-state index contributed by atoms with van der Waals surface area (Å²) in [7, 11) is 1.61. The van der Waals surface area contributed by atoms with E-state index in [1.165, 1.54) is 12.1 Å². The van der Waals surface area contributed by atoms with Crippen LogP contribution in [-0.2, 0) is 11.0 Å². The molecule has 0 spiro atoms. The van der Waals surface area contributed by atoms with E-state index in [1.807, 2.05) is 29.2 Å². The lowest BCUT2D eigenvalue weighted by molar-refractivity contribution is -0.137. The van der Waals surface area contributed by atoms with E-state index in [0.29, 0.717) is 26.2 Å². The van der Waals surface area contributed by atoms with Gasteiger partial charge in [-0.2, -0.15) is 13.2 Å². The number of halogens is 3. The summed E-state index contributed by atoms with van der Waals surface area (Å²) < 4.78 is 44.2. The maximum atomic E-state index is 13.0. The van der Waals surface area contributed by atoms with E-state index in [-0.39, 0.29) is 12.1 Å². The van der Waals surface area contributed by atoms with Gasteiger partial charge in [-0.05, 0) is 42.5 Å². The number of anilines is 2. The number of carbonyl (C=O) groups is 2. The first-order chi connectivity index (χ1) is 15.3. The summed E-state index contributed by atoms with van der Waals surface area (Å²) in [5.74, 6) is 0.247. The van der Waals surface area contributed by atoms with Gasteiger partial charge < -0.3 is 15.0 Å². The number of amides is 3. The standard InChI is InChI=1S/C22H23F3N4O3/c1-32-18-7-5-16(6-8-18)27-9-11-28(12-10-27)19-14-20(30)29(21(31)26-19)17-4-2-3-15(13-17)22(23,24)25/h2-8,13,19H,9-12,14H2,1H3,(H,26,31). The summed E-state index contributed by atoms with van der Waals surface area (Å²) in [6.45, 7) is 2.69. The van der Waals surface area contributed by atoms with Crippen LogP contribution in [0.4, 0.5) is 29.3 Å². The molecule has 2 heterocycles. The molecule has 4 rings (SSSR count). The number of nitrogens with zero attached hydrogens (tertiary/aromatic N) is 3. The number of benzene rings is 2. The molecule has 0 saturated carbocycles. The van der Waals surface area contributed by atoms with E-state index in [9.17, 15) is 22.8 Å². The van der Waals surface area contributed by atoms with Crippen molar-refractivity contribution in [2.75, 3.05) is 43.1 Å². The fraction of sp³-hybridized carbons (Fsp3) is 0.364. The minimum absolute atomic E-state index is 0.00940. The maximum Gasteiger partial charge on any atom is 0.416 e. The number of piperazine rings is 1. The highest BCUT2D eigenvalue weighted by Gasteiger charge is 2.38. The van der Waals surface area contributed by atoms with Crippen LogP contribution in [0.1, 0.15) is 12.0 Å². The van der Waals surface area contributed by atoms with E-state index in [2.05, 4.69) is 10.2 Å². The Labute approximate surface area is 183 Å². The zero-order valence-electron chi connectivity index (χ0n) is 17.4. The number of alkyl halides is 3. The molecule has 2 aliphatic heterocycles. The van der Waals surface area contributed by atoms with Gasteiger partial charge in [0.05, 0.1) is 30.9 Å². The predicted molar refractivity (Wildman–Crippen MR) is 113 cm³/mol. The zero-order valence-corrected chi connectivity index (χ0v) is 17.4. The summed E-state index contributed by atoms with van der Waals surface area (Å²) in [5.41, 5.74) is 0.0578. The Kier molecular flexibility index (Phi) is 5.96. The SMILES string of the molecule is COc1ccc(N2CCN(C3CC(=O)N(c4cccc(C(F)(F)F)c4)C(=O)N3)CC2)cc1. The van der Waals surface area contributed by atoms with Gasteiger partial charge in [0.2, 0.25) is 5.91 Å². The molecular weight excluding hydrogens is 425 g/mol. The summed E-state index contributed by atoms with van der Waals surface area (Å²) >= 11 is 0. The number of carbonyl (C=O) groups excluding carboxylic acids is 2. The van der Waals surface area contributed by atoms with Crippen molar-refractivity contribution in [2.45, 2.75) is 18.8 Å². The summed E-state index contributed by atoms with van der Waals surface area (Å²) in [5, 5.41) is 2.77. The molecule has 0 bridgehead atoms. The normalized spacial score (nSPS) is 20.3. The average molecular weight is 448 g/mol. The maximum absolute atomic E-state index is 13.0. The number of rotatable bonds is 4. The van der Waals surface area contributed by atoms with Crippen LogP contribution in [0.2, 0.25) is 0 Å². The van der Waals surface area contributed by atoms with Gasteiger partial charge in [-0.1, -0.05) is 6.07 Å². The Morgan fingerprint density at radius 1 is 0.969 bits per heavy atom. The summed E-state index contributed by atoms with van der Waals surface area (Å²) in [6, 6.07) is 11.2. The Bertz CT molecular complexity index is 971. The third kappa shape index (κ3) is 4.50. The van der Waals surface area contributed by atoms with Crippen LogP contribution in [-0.4, -0.2) is 56.3 Å². The van der Waals surface area contributed by atoms with E-state index >= 15 is 0 Å². The first kappa shape index (κ1) is 21.9. The van der Waals surface area contributed by atoms with Gasteiger partial charge in [0.15, 0.2) is 0 Å². The van der Waals surface area contributed by atoms with Crippen LogP contribution in [0.5, 0.6) is 5.75 Å². The van der Waals surface area contributed by atoms with E-state index < -0.39 is 29.8 Å². The van der Waals surface area contributed by atoms with Crippen LogP contribution in [0.15, 0.2) is 48.5 Å². The highest BCUT2D eigenvalue weighted by molar-refractivity contribution is 6.16. The molecule has 2 saturated heterocycles. The Morgan fingerprint density at radius 3 is 2.25 bits per heavy atom. The molecule has 2 aromatic rings. The first-order valence-electron chi connectivity index (χ1n) is 10.2. The van der Waals surface area contributed by atoms with Gasteiger partial charge in [0.1, 0.15) is 5.75 Å². The van der Waals surface area contributed by atoms with E-state index in [1.54, 1.807) is 7.11 Å². The number of methoxy groups -OCH3 is 1. The lowest BCUT2D eigenvalue weighted by atomic mass is 10.1. The van der Waals surface area contributed by atoms with Crippen LogP contribution < -0.4 is 19.9 Å². The zero-order chi connectivity index (χ0) is 22.9. The minimum atomic E-state index is -4.56. The van der Waals surface area contributed by atoms with Crippen LogP contribution >= 0.6 is 0 Å². The van der Waals surface area contributed by atoms with Crippen LogP contribution in [0.3, 0.4) is 0 Å². The molecule has 0 radical (unpaired) electrons. The Hall–Kier alpha value is -3.27. The molecule has 0 aliphatic carbocycles. The third-order valence-corrected chi connectivity index (χ3v) is 5.73. The first-order valence-corrected chi connectivity index (χ1v) is 10.2. The Morgan fingerprint density at radius 2 is 1.66 bits per heavy atom. The highest BCUT2D eigenvalue weighted by atomic mass is 19.4. The van der Waals surface area contributed by atoms with Gasteiger partial charge in [0.25, 0.3) is 0 Å². The monoisotopic (exact) mass is 448 g/mol. The molecule has 1 atom stereocenters. The smallest absolute Gasteiger partial charge is 0.416 e. The van der Waals surface area contributed by atoms with Crippen molar-refractivity contribution < 1.29 is 27.5 Å². The predicted octanol–water partition coefficient (Wildman–Crippen LogP) is 3.31. The molecule has 1 N–H and O–H groups in total. The number of ether oxygens (including phenoxy) is 1. The second kappa shape index (κ2) is 8.70. The summed E-state index contributed by atoms with van der Waals surface area (Å²) in [4.78, 5) is 30.3. The number of imide groups is 1. The number of nitrogens with one attached hydrogen (secondary N) is 1. The van der Waals surface area contributed by atoms with Crippen LogP contribution in [0.25, 0.3) is 0 Å². The molecule has 2 fully saturated rings. The third-order valence-electron chi connectivity index (χ3n) is 5.73. The highest BCUT2D eigenvalue weighted by Crippen LogP contribution is 2.32. The molecule has 7 nitrogen and oxygen atoms in total. The van der Waals surface area contributed by atoms with Crippen molar-refractivity contribution in [1.82, 2.24) is 10.2 Å². The van der Waals surface area contributed by atoms with Crippen molar-refractivity contribution in [3.8, 4) is 5.75 Å². The topological polar surface area (TPSA) is 65.1 Å². The van der Waals surface area contributed by atoms with E-state index in [0.717, 1.165) is 28.5 Å². The number of urea groups is 1. The number of hydrogen-bond acceptors (Lipinski definition) is 5. The van der Waals surface area contributed by atoms with Gasteiger partial charge in [-0.25, -0.2) is 9.69 Å². The number of hydrogen-bond donors (Lipinski definition) is 1. The van der Waals surface area contributed by atoms with Crippen molar-refractivity contribution >= 4 is 23.3 Å². The quantitative estimate of drug-likeness (QED) is 0.778. The fourth-order valence-electron chi connectivity index (χ4n) is 4.02. The lowest BCUT2D eigenvalue weighted by Gasteiger charge is -2.42. The van der Waals surface area contributed by atoms with Crippen molar-refractivity contribution in [2.24, 2.45) is 0 Å². The molecule has 170 valence electrons. The second-order valence-electron chi connectivity index (χ2n) is 7.67. The molecule has 1 unspecified atom stereocenters. The lowest BCUT2D eigenvalue weighted by Crippen LogP contribution is -2.63. The van der Waals surface area contributed by atoms with Gasteiger partial charge in [-0.15, -0.1) is 0 Å². The van der Waals surface area contributed by atoms with E-state index in [4.69, 9.17) is 4.74 Å². The molecule has 2 aromatic carbocycles. The summed E-state index contributed by atoms with van der Waals surface area (Å²) in [6.07, 6.45) is -5.06. The Balaban J connectivity index is 1.39. The molecule has 10 heteroatoms. The van der Waals surface area contributed by atoms with Crippen molar-refractivity contribution in [1.29, 1.82) is 0 Å².